The second-order valence-electron chi connectivity index (χ2n) is 7.14. The number of carbonyl (C=O) groups excluding carboxylic acids is 1. The molecule has 0 aliphatic rings. The number of aryl methyl sites for hydroxylation is 1. The molecule has 3 aromatic carbocycles. The number of hydrogen-bond donors (Lipinski definition) is 1. The summed E-state index contributed by atoms with van der Waals surface area (Å²) >= 11 is 18.2. The van der Waals surface area contributed by atoms with E-state index >= 15 is 0 Å². The third kappa shape index (κ3) is 6.79. The van der Waals surface area contributed by atoms with Crippen molar-refractivity contribution in [3.05, 3.63) is 98.5 Å². The Labute approximate surface area is 207 Å². The summed E-state index contributed by atoms with van der Waals surface area (Å²) in [5.74, 6) is -0.626. The molecule has 0 spiro atoms. The maximum atomic E-state index is 13.3. The molecule has 0 saturated heterocycles. The first kappa shape index (κ1) is 25.2. The Morgan fingerprint density at radius 3 is 2.36 bits per heavy atom. The monoisotopic (exact) mass is 523 g/mol. The van der Waals surface area contributed by atoms with Gasteiger partial charge in [0.2, 0.25) is 10.0 Å². The van der Waals surface area contributed by atoms with E-state index in [1.807, 2.05) is 6.92 Å². The maximum absolute atomic E-state index is 13.3. The normalized spacial score (nSPS) is 11.8. The molecule has 0 saturated carbocycles. The van der Waals surface area contributed by atoms with Gasteiger partial charge in [-0.15, -0.1) is 0 Å². The second kappa shape index (κ2) is 11.1. The summed E-state index contributed by atoms with van der Waals surface area (Å²) in [6, 6.07) is 18.1. The molecule has 0 aliphatic carbocycles. The summed E-state index contributed by atoms with van der Waals surface area (Å²) < 4.78 is 27.7. The van der Waals surface area contributed by atoms with Gasteiger partial charge in [0.05, 0.1) is 22.7 Å². The Bertz CT molecular complexity index is 1280. The maximum Gasteiger partial charge on any atom is 0.255 e. The van der Waals surface area contributed by atoms with E-state index in [9.17, 15) is 13.2 Å². The number of amides is 1. The number of rotatable bonds is 8. The number of hydrogen-bond acceptors (Lipinski definition) is 4. The fourth-order valence-corrected chi connectivity index (χ4v) is 4.90. The van der Waals surface area contributed by atoms with E-state index in [0.717, 1.165) is 9.87 Å². The van der Waals surface area contributed by atoms with Crippen molar-refractivity contribution in [2.75, 3.05) is 6.54 Å². The third-order valence-electron chi connectivity index (χ3n) is 4.64. The average Bonchev–Trinajstić information content (AvgIpc) is 2.76. The Morgan fingerprint density at radius 2 is 1.70 bits per heavy atom. The minimum atomic E-state index is -3.99. The number of nitrogens with zero attached hydrogens (tertiary/aromatic N) is 2. The Morgan fingerprint density at radius 1 is 1.00 bits per heavy atom. The van der Waals surface area contributed by atoms with E-state index in [1.54, 1.807) is 54.6 Å². The van der Waals surface area contributed by atoms with Crippen LogP contribution in [0.5, 0.6) is 0 Å². The zero-order chi connectivity index (χ0) is 24.0. The molecule has 33 heavy (non-hydrogen) atoms. The smallest absolute Gasteiger partial charge is 0.255 e. The zero-order valence-corrected chi connectivity index (χ0v) is 20.6. The molecule has 1 amide bonds. The van der Waals surface area contributed by atoms with Crippen LogP contribution in [-0.4, -0.2) is 31.4 Å². The van der Waals surface area contributed by atoms with Gasteiger partial charge >= 0.3 is 0 Å². The van der Waals surface area contributed by atoms with Crippen molar-refractivity contribution in [1.29, 1.82) is 0 Å². The first-order valence-corrected chi connectivity index (χ1v) is 12.3. The van der Waals surface area contributed by atoms with Crippen LogP contribution in [0, 0.1) is 6.92 Å². The molecule has 0 fully saturated rings. The van der Waals surface area contributed by atoms with E-state index in [2.05, 4.69) is 10.5 Å². The Balaban J connectivity index is 1.81. The first-order valence-electron chi connectivity index (χ1n) is 9.74. The van der Waals surface area contributed by atoms with E-state index in [4.69, 9.17) is 34.8 Å². The van der Waals surface area contributed by atoms with Crippen LogP contribution in [0.3, 0.4) is 0 Å². The van der Waals surface area contributed by atoms with Gasteiger partial charge in [-0.05, 0) is 42.8 Å². The van der Waals surface area contributed by atoms with Gasteiger partial charge in [0.25, 0.3) is 5.91 Å². The largest absolute Gasteiger partial charge is 0.272 e. The predicted molar refractivity (Wildman–Crippen MR) is 132 cm³/mol. The number of sulfonamides is 1. The highest BCUT2D eigenvalue weighted by molar-refractivity contribution is 7.89. The molecule has 172 valence electrons. The summed E-state index contributed by atoms with van der Waals surface area (Å²) in [5.41, 5.74) is 4.36. The minimum absolute atomic E-state index is 0.0735. The molecule has 0 aliphatic heterocycles. The molecule has 1 N–H and O–H groups in total. The van der Waals surface area contributed by atoms with Gasteiger partial charge in [-0.3, -0.25) is 4.79 Å². The van der Waals surface area contributed by atoms with Gasteiger partial charge < -0.3 is 0 Å². The van der Waals surface area contributed by atoms with Gasteiger partial charge in [-0.2, -0.15) is 9.41 Å². The molecule has 3 aromatic rings. The highest BCUT2D eigenvalue weighted by Crippen LogP contribution is 2.23. The van der Waals surface area contributed by atoms with Gasteiger partial charge in [0, 0.05) is 22.2 Å². The van der Waals surface area contributed by atoms with Gasteiger partial charge in [-0.1, -0.05) is 76.8 Å². The van der Waals surface area contributed by atoms with Crippen LogP contribution in [0.1, 0.15) is 16.7 Å². The first-order chi connectivity index (χ1) is 15.7. The van der Waals surface area contributed by atoms with E-state index < -0.39 is 22.5 Å². The molecule has 6 nitrogen and oxygen atoms in total. The minimum Gasteiger partial charge on any atom is -0.272 e. The summed E-state index contributed by atoms with van der Waals surface area (Å²) in [4.78, 5) is 12.6. The lowest BCUT2D eigenvalue weighted by Crippen LogP contribution is -2.39. The number of carbonyl (C=O) groups is 1. The lowest BCUT2D eigenvalue weighted by molar-refractivity contribution is -0.121. The standard InChI is InChI=1S/C23H20Cl3N3O3S/c1-16-6-10-20(11-7-16)33(31,32)29(14-18-4-2-3-5-21(18)25)15-23(30)28-27-13-17-8-9-19(24)12-22(17)26/h2-13H,14-15H2,1H3,(H,28,30)/b27-13-. The van der Waals surface area contributed by atoms with Crippen molar-refractivity contribution in [3.63, 3.8) is 0 Å². The quantitative estimate of drug-likeness (QED) is 0.321. The van der Waals surface area contributed by atoms with Crippen molar-refractivity contribution in [2.45, 2.75) is 18.4 Å². The molecule has 0 aromatic heterocycles. The van der Waals surface area contributed by atoms with Crippen LogP contribution in [0.4, 0.5) is 0 Å². The lowest BCUT2D eigenvalue weighted by atomic mass is 10.2. The average molecular weight is 525 g/mol. The Hall–Kier alpha value is -2.42. The van der Waals surface area contributed by atoms with Crippen molar-refractivity contribution < 1.29 is 13.2 Å². The summed E-state index contributed by atoms with van der Waals surface area (Å²) in [7, 11) is -3.99. The third-order valence-corrected chi connectivity index (χ3v) is 7.38. The van der Waals surface area contributed by atoms with Crippen LogP contribution < -0.4 is 5.43 Å². The predicted octanol–water partition coefficient (Wildman–Crippen LogP) is 5.30. The summed E-state index contributed by atoms with van der Waals surface area (Å²) in [6.07, 6.45) is 1.35. The van der Waals surface area contributed by atoms with Crippen LogP contribution in [-0.2, 0) is 21.4 Å². The van der Waals surface area contributed by atoms with Crippen LogP contribution >= 0.6 is 34.8 Å². The lowest BCUT2D eigenvalue weighted by Gasteiger charge is -2.22. The zero-order valence-electron chi connectivity index (χ0n) is 17.5. The molecule has 0 unspecified atom stereocenters. The van der Waals surface area contributed by atoms with Crippen molar-refractivity contribution in [3.8, 4) is 0 Å². The van der Waals surface area contributed by atoms with Gasteiger partial charge in [-0.25, -0.2) is 13.8 Å². The van der Waals surface area contributed by atoms with Crippen molar-refractivity contribution in [2.24, 2.45) is 5.10 Å². The molecular weight excluding hydrogens is 505 g/mol. The SMILES string of the molecule is Cc1ccc(S(=O)(=O)N(CC(=O)N/N=C\c2ccc(Cl)cc2Cl)Cc2ccccc2Cl)cc1. The van der Waals surface area contributed by atoms with Crippen molar-refractivity contribution >= 4 is 56.9 Å². The molecule has 0 heterocycles. The van der Waals surface area contributed by atoms with E-state index in [0.29, 0.717) is 26.2 Å². The molecule has 10 heteroatoms. The number of benzene rings is 3. The van der Waals surface area contributed by atoms with E-state index in [-0.39, 0.29) is 11.4 Å². The highest BCUT2D eigenvalue weighted by Gasteiger charge is 2.27. The summed E-state index contributed by atoms with van der Waals surface area (Å²) in [5, 5.41) is 5.11. The molecule has 0 radical (unpaired) electrons. The molecule has 0 bridgehead atoms. The molecule has 3 rings (SSSR count). The fourth-order valence-electron chi connectivity index (χ4n) is 2.88. The Kier molecular flexibility index (Phi) is 8.51. The molecular formula is C23H20Cl3N3O3S. The van der Waals surface area contributed by atoms with Crippen LogP contribution in [0.25, 0.3) is 0 Å². The van der Waals surface area contributed by atoms with Gasteiger partial charge in [0.1, 0.15) is 0 Å². The van der Waals surface area contributed by atoms with Crippen LogP contribution in [0.2, 0.25) is 15.1 Å². The van der Waals surface area contributed by atoms with Crippen molar-refractivity contribution in [1.82, 2.24) is 9.73 Å². The highest BCUT2D eigenvalue weighted by atomic mass is 35.5. The topological polar surface area (TPSA) is 78.8 Å². The van der Waals surface area contributed by atoms with E-state index in [1.165, 1.54) is 18.3 Å². The van der Waals surface area contributed by atoms with Gasteiger partial charge in [0.15, 0.2) is 0 Å². The molecule has 0 atom stereocenters. The number of hydrazone groups is 1. The summed E-state index contributed by atoms with van der Waals surface area (Å²) in [6.45, 7) is 1.31. The number of nitrogens with one attached hydrogen (secondary N) is 1. The number of halogens is 3. The van der Waals surface area contributed by atoms with Crippen LogP contribution in [0.15, 0.2) is 76.7 Å². The second-order valence-corrected chi connectivity index (χ2v) is 10.3. The fraction of sp³-hybridized carbons (Fsp3) is 0.130.